The monoisotopic (exact) mass is 305 g/mol. The van der Waals surface area contributed by atoms with E-state index >= 15 is 0 Å². The summed E-state index contributed by atoms with van der Waals surface area (Å²) in [5.41, 5.74) is -1.53. The van der Waals surface area contributed by atoms with Crippen LogP contribution in [0, 0.1) is 0 Å². The van der Waals surface area contributed by atoms with Crippen molar-refractivity contribution in [2.45, 2.75) is 26.6 Å². The van der Waals surface area contributed by atoms with Crippen LogP contribution in [0.2, 0.25) is 0 Å². The fourth-order valence-corrected chi connectivity index (χ4v) is 2.09. The first-order valence-electron chi connectivity index (χ1n) is 7.10. The molecule has 0 amide bonds. The number of hydrogen-bond acceptors (Lipinski definition) is 3. The fraction of sp³-hybridized carbons (Fsp3) is 0.643. The lowest BCUT2D eigenvalue weighted by Gasteiger charge is -2.18. The minimum Gasteiger partial charge on any atom is -0.314 e. The molecule has 1 rings (SSSR count). The van der Waals surface area contributed by atoms with Gasteiger partial charge in [-0.05, 0) is 19.2 Å². The van der Waals surface area contributed by atoms with Crippen molar-refractivity contribution >= 4 is 0 Å². The number of likely N-dealkylation sites (N-methyl/N-ethyl adjacent to an activating group) is 1. The third-order valence-electron chi connectivity index (χ3n) is 3.35. The second-order valence-electron chi connectivity index (χ2n) is 4.68. The molecular formula is C14H22F3N3O. The molecule has 1 heterocycles. The van der Waals surface area contributed by atoms with Gasteiger partial charge in [0.2, 0.25) is 0 Å². The average Bonchev–Trinajstić information content (AvgIpc) is 2.43. The smallest absolute Gasteiger partial charge is 0.314 e. The number of alkyl halides is 3. The molecule has 0 unspecified atom stereocenters. The summed E-state index contributed by atoms with van der Waals surface area (Å²) in [7, 11) is 0. The number of pyridine rings is 1. The van der Waals surface area contributed by atoms with Crippen LogP contribution in [0.15, 0.2) is 23.0 Å². The number of rotatable bonds is 8. The molecule has 0 bridgehead atoms. The Balaban J connectivity index is 2.55. The predicted octanol–water partition coefficient (Wildman–Crippen LogP) is 1.80. The first-order valence-corrected chi connectivity index (χ1v) is 7.10. The molecule has 0 saturated heterocycles. The third kappa shape index (κ3) is 5.51. The molecule has 4 nitrogen and oxygen atoms in total. The Morgan fingerprint density at radius 1 is 1.19 bits per heavy atom. The number of nitrogens with one attached hydrogen (secondary N) is 1. The van der Waals surface area contributed by atoms with Gasteiger partial charge in [-0.25, -0.2) is 0 Å². The minimum absolute atomic E-state index is 0.00671. The molecule has 1 aromatic rings. The second kappa shape index (κ2) is 8.19. The van der Waals surface area contributed by atoms with Gasteiger partial charge in [0.05, 0.1) is 0 Å². The van der Waals surface area contributed by atoms with Crippen LogP contribution in [0.3, 0.4) is 0 Å². The summed E-state index contributed by atoms with van der Waals surface area (Å²) >= 11 is 0. The first-order chi connectivity index (χ1) is 9.90. The Hall–Kier alpha value is -1.34. The van der Waals surface area contributed by atoms with Crippen molar-refractivity contribution in [2.24, 2.45) is 0 Å². The summed E-state index contributed by atoms with van der Waals surface area (Å²) in [6.07, 6.45) is -4.51. The van der Waals surface area contributed by atoms with Gasteiger partial charge in [0.15, 0.2) is 0 Å². The van der Waals surface area contributed by atoms with Crippen molar-refractivity contribution in [3.63, 3.8) is 0 Å². The molecular weight excluding hydrogens is 283 g/mol. The van der Waals surface area contributed by atoms with E-state index in [2.05, 4.69) is 24.1 Å². The van der Waals surface area contributed by atoms with Crippen molar-refractivity contribution in [2.75, 3.05) is 32.7 Å². The Bertz CT molecular complexity index is 481. The first kappa shape index (κ1) is 17.7. The van der Waals surface area contributed by atoms with Crippen molar-refractivity contribution in [1.29, 1.82) is 0 Å². The molecule has 0 fully saturated rings. The van der Waals surface area contributed by atoms with E-state index in [-0.39, 0.29) is 6.54 Å². The van der Waals surface area contributed by atoms with Crippen LogP contribution in [0.1, 0.15) is 19.5 Å². The second-order valence-corrected chi connectivity index (χ2v) is 4.68. The molecule has 21 heavy (non-hydrogen) atoms. The van der Waals surface area contributed by atoms with Crippen molar-refractivity contribution < 1.29 is 13.2 Å². The highest BCUT2D eigenvalue weighted by atomic mass is 19.4. The summed E-state index contributed by atoms with van der Waals surface area (Å²) in [5.74, 6) is 0. The van der Waals surface area contributed by atoms with Crippen LogP contribution in [0.5, 0.6) is 0 Å². The molecule has 0 atom stereocenters. The molecule has 0 saturated carbocycles. The SMILES string of the molecule is CCN(CC)CCNCCn1c(C(F)(F)F)cccc1=O. The average molecular weight is 305 g/mol. The summed E-state index contributed by atoms with van der Waals surface area (Å²) < 4.78 is 39.2. The summed E-state index contributed by atoms with van der Waals surface area (Å²) in [4.78, 5) is 13.8. The molecule has 1 N–H and O–H groups in total. The summed E-state index contributed by atoms with van der Waals surface area (Å²) in [6.45, 7) is 7.85. The van der Waals surface area contributed by atoms with Gasteiger partial charge in [-0.3, -0.25) is 4.79 Å². The van der Waals surface area contributed by atoms with E-state index in [0.29, 0.717) is 13.1 Å². The lowest BCUT2D eigenvalue weighted by Crippen LogP contribution is -2.35. The van der Waals surface area contributed by atoms with Crippen LogP contribution >= 0.6 is 0 Å². The molecule has 0 spiro atoms. The molecule has 0 aliphatic carbocycles. The molecule has 1 aromatic heterocycles. The summed E-state index contributed by atoms with van der Waals surface area (Å²) in [6, 6.07) is 3.21. The van der Waals surface area contributed by atoms with Gasteiger partial charge in [-0.2, -0.15) is 13.2 Å². The molecule has 0 aromatic carbocycles. The van der Waals surface area contributed by atoms with E-state index in [1.165, 1.54) is 0 Å². The van der Waals surface area contributed by atoms with Crippen molar-refractivity contribution in [3.8, 4) is 0 Å². The Kier molecular flexibility index (Phi) is 6.91. The number of halogens is 3. The van der Waals surface area contributed by atoms with E-state index in [1.54, 1.807) is 0 Å². The zero-order valence-electron chi connectivity index (χ0n) is 12.4. The van der Waals surface area contributed by atoms with Gasteiger partial charge < -0.3 is 14.8 Å². The third-order valence-corrected chi connectivity index (χ3v) is 3.35. The maximum absolute atomic E-state index is 12.8. The maximum atomic E-state index is 12.8. The van der Waals surface area contributed by atoms with Gasteiger partial charge in [-0.15, -0.1) is 0 Å². The van der Waals surface area contributed by atoms with Gasteiger partial charge >= 0.3 is 6.18 Å². The molecule has 120 valence electrons. The van der Waals surface area contributed by atoms with E-state index in [9.17, 15) is 18.0 Å². The quantitative estimate of drug-likeness (QED) is 0.744. The highest BCUT2D eigenvalue weighted by Gasteiger charge is 2.33. The normalized spacial score (nSPS) is 12.1. The number of hydrogen-bond donors (Lipinski definition) is 1. The molecule has 0 radical (unpaired) electrons. The zero-order valence-corrected chi connectivity index (χ0v) is 12.4. The lowest BCUT2D eigenvalue weighted by molar-refractivity contribution is -0.144. The topological polar surface area (TPSA) is 37.3 Å². The standard InChI is InChI=1S/C14H22F3N3O/c1-3-19(4-2)10-8-18-9-11-20-12(14(15,16)17)6-5-7-13(20)21/h5-7,18H,3-4,8-11H2,1-2H3. The van der Waals surface area contributed by atoms with E-state index < -0.39 is 17.4 Å². The van der Waals surface area contributed by atoms with Crippen LogP contribution in [-0.2, 0) is 12.7 Å². The lowest BCUT2D eigenvalue weighted by atomic mass is 10.3. The van der Waals surface area contributed by atoms with Crippen LogP contribution in [-0.4, -0.2) is 42.2 Å². The highest BCUT2D eigenvalue weighted by Crippen LogP contribution is 2.27. The summed E-state index contributed by atoms with van der Waals surface area (Å²) in [5, 5.41) is 3.07. The zero-order chi connectivity index (χ0) is 15.9. The van der Waals surface area contributed by atoms with Gasteiger partial charge in [-0.1, -0.05) is 19.9 Å². The highest BCUT2D eigenvalue weighted by molar-refractivity contribution is 5.10. The van der Waals surface area contributed by atoms with Crippen molar-refractivity contribution in [1.82, 2.24) is 14.8 Å². The molecule has 0 aliphatic rings. The van der Waals surface area contributed by atoms with Crippen molar-refractivity contribution in [3.05, 3.63) is 34.2 Å². The van der Waals surface area contributed by atoms with E-state index in [0.717, 1.165) is 42.4 Å². The Morgan fingerprint density at radius 2 is 1.86 bits per heavy atom. The van der Waals surface area contributed by atoms with Gasteiger partial charge in [0.25, 0.3) is 5.56 Å². The van der Waals surface area contributed by atoms with Crippen LogP contribution < -0.4 is 10.9 Å². The molecule has 7 heteroatoms. The molecule has 0 aliphatic heterocycles. The number of aromatic nitrogens is 1. The van der Waals surface area contributed by atoms with E-state index in [4.69, 9.17) is 0 Å². The van der Waals surface area contributed by atoms with Gasteiger partial charge in [0.1, 0.15) is 5.69 Å². The fourth-order valence-electron chi connectivity index (χ4n) is 2.09. The predicted molar refractivity (Wildman–Crippen MR) is 76.4 cm³/mol. The number of nitrogens with zero attached hydrogens (tertiary/aromatic N) is 2. The Labute approximate surface area is 122 Å². The minimum atomic E-state index is -4.51. The Morgan fingerprint density at radius 3 is 2.43 bits per heavy atom. The van der Waals surface area contributed by atoms with Crippen LogP contribution in [0.25, 0.3) is 0 Å². The van der Waals surface area contributed by atoms with Gasteiger partial charge in [0, 0.05) is 32.2 Å². The maximum Gasteiger partial charge on any atom is 0.431 e. The van der Waals surface area contributed by atoms with E-state index in [1.807, 2.05) is 0 Å². The van der Waals surface area contributed by atoms with Crippen LogP contribution in [0.4, 0.5) is 13.2 Å². The largest absolute Gasteiger partial charge is 0.431 e.